The quantitative estimate of drug-likeness (QED) is 0.851. The second-order valence-corrected chi connectivity index (χ2v) is 6.62. The topological polar surface area (TPSA) is 56.9 Å². The first-order valence-corrected chi connectivity index (χ1v) is 8.53. The Morgan fingerprint density at radius 2 is 2.41 bits per heavy atom. The van der Waals surface area contributed by atoms with Gasteiger partial charge in [0, 0.05) is 43.8 Å². The monoisotopic (exact) mass is 367 g/mol. The zero-order valence-corrected chi connectivity index (χ0v) is 14.5. The molecular formula is C15H22BrN5O. The van der Waals surface area contributed by atoms with Gasteiger partial charge in [0.1, 0.15) is 11.9 Å². The van der Waals surface area contributed by atoms with Gasteiger partial charge >= 0.3 is 0 Å². The Labute approximate surface area is 139 Å². The summed E-state index contributed by atoms with van der Waals surface area (Å²) >= 11 is 3.43. The molecular weight excluding hydrogens is 346 g/mol. The van der Waals surface area contributed by atoms with E-state index < -0.39 is 0 Å². The Morgan fingerprint density at radius 1 is 1.55 bits per heavy atom. The summed E-state index contributed by atoms with van der Waals surface area (Å²) in [7, 11) is 0. The molecule has 2 aromatic rings. The van der Waals surface area contributed by atoms with Crippen molar-refractivity contribution in [3.8, 4) is 0 Å². The first kappa shape index (κ1) is 15.7. The van der Waals surface area contributed by atoms with Crippen LogP contribution in [0, 0.1) is 0 Å². The second-order valence-electron chi connectivity index (χ2n) is 5.71. The first-order chi connectivity index (χ1) is 10.7. The third-order valence-corrected chi connectivity index (χ3v) is 4.41. The van der Waals surface area contributed by atoms with E-state index in [1.807, 2.05) is 29.5 Å². The molecule has 0 radical (unpaired) electrons. The van der Waals surface area contributed by atoms with Crippen molar-refractivity contribution in [3.05, 3.63) is 35.1 Å². The SMILES string of the molecule is CCn1ccnc1[C@H]1OCC[C@@H]1N[C@@H](C)Cn1cc(Br)cn1. The van der Waals surface area contributed by atoms with Crippen molar-refractivity contribution in [3.63, 3.8) is 0 Å². The van der Waals surface area contributed by atoms with Crippen molar-refractivity contribution >= 4 is 15.9 Å². The van der Waals surface area contributed by atoms with Crippen LogP contribution in [0.25, 0.3) is 0 Å². The van der Waals surface area contributed by atoms with Gasteiger partial charge in [-0.25, -0.2) is 4.98 Å². The minimum absolute atomic E-state index is 0.0294. The van der Waals surface area contributed by atoms with E-state index in [4.69, 9.17) is 4.74 Å². The fourth-order valence-corrected chi connectivity index (χ4v) is 3.32. The smallest absolute Gasteiger partial charge is 0.139 e. The third-order valence-electron chi connectivity index (χ3n) is 4.00. The molecule has 0 unspecified atom stereocenters. The molecule has 0 aromatic carbocycles. The highest BCUT2D eigenvalue weighted by Gasteiger charge is 2.33. The lowest BCUT2D eigenvalue weighted by molar-refractivity contribution is 0.0863. The van der Waals surface area contributed by atoms with Gasteiger partial charge in [0.2, 0.25) is 0 Å². The van der Waals surface area contributed by atoms with Gasteiger partial charge in [0.25, 0.3) is 0 Å². The van der Waals surface area contributed by atoms with Gasteiger partial charge in [-0.3, -0.25) is 4.68 Å². The Morgan fingerprint density at radius 3 is 3.14 bits per heavy atom. The van der Waals surface area contributed by atoms with E-state index >= 15 is 0 Å². The van der Waals surface area contributed by atoms with Crippen LogP contribution in [0.3, 0.4) is 0 Å². The molecule has 7 heteroatoms. The van der Waals surface area contributed by atoms with Crippen LogP contribution in [0.5, 0.6) is 0 Å². The van der Waals surface area contributed by atoms with Crippen molar-refractivity contribution in [2.24, 2.45) is 0 Å². The van der Waals surface area contributed by atoms with Gasteiger partial charge in [0.05, 0.1) is 17.2 Å². The van der Waals surface area contributed by atoms with E-state index in [0.29, 0.717) is 12.1 Å². The molecule has 0 bridgehead atoms. The number of rotatable bonds is 6. The molecule has 0 amide bonds. The molecule has 3 rings (SSSR count). The lowest BCUT2D eigenvalue weighted by atomic mass is 10.1. The van der Waals surface area contributed by atoms with E-state index in [1.54, 1.807) is 0 Å². The van der Waals surface area contributed by atoms with E-state index in [9.17, 15) is 0 Å². The molecule has 0 aliphatic carbocycles. The summed E-state index contributed by atoms with van der Waals surface area (Å²) in [5.74, 6) is 1.02. The van der Waals surface area contributed by atoms with Gasteiger partial charge in [-0.15, -0.1) is 0 Å². The highest BCUT2D eigenvalue weighted by Crippen LogP contribution is 2.28. The van der Waals surface area contributed by atoms with Crippen molar-refractivity contribution in [1.29, 1.82) is 0 Å². The van der Waals surface area contributed by atoms with Gasteiger partial charge in [-0.2, -0.15) is 5.10 Å². The number of ether oxygens (including phenoxy) is 1. The van der Waals surface area contributed by atoms with Gasteiger partial charge in [-0.05, 0) is 36.2 Å². The summed E-state index contributed by atoms with van der Waals surface area (Å²) in [6.07, 6.45) is 8.70. The molecule has 6 nitrogen and oxygen atoms in total. The molecule has 3 atom stereocenters. The predicted molar refractivity (Wildman–Crippen MR) is 87.5 cm³/mol. The lowest BCUT2D eigenvalue weighted by Gasteiger charge is -2.24. The Hall–Kier alpha value is -1.18. The van der Waals surface area contributed by atoms with Crippen molar-refractivity contribution in [2.45, 2.75) is 51.5 Å². The molecule has 1 saturated heterocycles. The molecule has 1 N–H and O–H groups in total. The standard InChI is InChI=1S/C15H22BrN5O/c1-3-20-6-5-17-15(20)14-13(4-7-22-14)19-11(2)9-21-10-12(16)8-18-21/h5-6,8,10-11,13-14,19H,3-4,7,9H2,1-2H3/t11-,13-,14-/m0/s1. The number of hydrogen-bond donors (Lipinski definition) is 1. The molecule has 0 spiro atoms. The summed E-state index contributed by atoms with van der Waals surface area (Å²) in [5, 5.41) is 7.98. The fraction of sp³-hybridized carbons (Fsp3) is 0.600. The fourth-order valence-electron chi connectivity index (χ4n) is 3.00. The molecule has 1 aliphatic heterocycles. The lowest BCUT2D eigenvalue weighted by Crippen LogP contribution is -2.41. The summed E-state index contributed by atoms with van der Waals surface area (Å²) in [6, 6.07) is 0.604. The molecule has 22 heavy (non-hydrogen) atoms. The highest BCUT2D eigenvalue weighted by atomic mass is 79.9. The van der Waals surface area contributed by atoms with Crippen LogP contribution in [0.1, 0.15) is 32.2 Å². The molecule has 0 saturated carbocycles. The van der Waals surface area contributed by atoms with Crippen LogP contribution < -0.4 is 5.32 Å². The molecule has 3 heterocycles. The highest BCUT2D eigenvalue weighted by molar-refractivity contribution is 9.10. The number of aromatic nitrogens is 4. The zero-order valence-electron chi connectivity index (χ0n) is 12.9. The van der Waals surface area contributed by atoms with Crippen LogP contribution in [0.4, 0.5) is 0 Å². The van der Waals surface area contributed by atoms with Crippen LogP contribution in [0.2, 0.25) is 0 Å². The number of nitrogens with one attached hydrogen (secondary N) is 1. The maximum absolute atomic E-state index is 5.93. The summed E-state index contributed by atoms with van der Waals surface area (Å²) in [4.78, 5) is 4.49. The predicted octanol–water partition coefficient (Wildman–Crippen LogP) is 2.37. The summed E-state index contributed by atoms with van der Waals surface area (Å²) in [5.41, 5.74) is 0. The minimum atomic E-state index is 0.0294. The van der Waals surface area contributed by atoms with Crippen molar-refractivity contribution in [2.75, 3.05) is 6.61 Å². The number of nitrogens with zero attached hydrogens (tertiary/aromatic N) is 4. The maximum Gasteiger partial charge on any atom is 0.139 e. The molecule has 1 fully saturated rings. The van der Waals surface area contributed by atoms with Gasteiger partial charge in [0.15, 0.2) is 0 Å². The number of imidazole rings is 1. The number of halogens is 1. The van der Waals surface area contributed by atoms with Crippen LogP contribution >= 0.6 is 15.9 Å². The minimum Gasteiger partial charge on any atom is -0.369 e. The summed E-state index contributed by atoms with van der Waals surface area (Å²) in [6.45, 7) is 6.83. The Bertz CT molecular complexity index is 611. The van der Waals surface area contributed by atoms with E-state index in [2.05, 4.69) is 49.7 Å². The molecule has 2 aromatic heterocycles. The normalized spacial score (nSPS) is 23.0. The third kappa shape index (κ3) is 3.42. The number of hydrogen-bond acceptors (Lipinski definition) is 4. The average molecular weight is 368 g/mol. The Balaban J connectivity index is 1.63. The zero-order chi connectivity index (χ0) is 15.5. The average Bonchev–Trinajstić information content (AvgIpc) is 3.19. The van der Waals surface area contributed by atoms with Gasteiger partial charge < -0.3 is 14.6 Å². The number of aryl methyl sites for hydroxylation is 1. The van der Waals surface area contributed by atoms with E-state index in [0.717, 1.165) is 36.4 Å². The first-order valence-electron chi connectivity index (χ1n) is 7.74. The van der Waals surface area contributed by atoms with Crippen LogP contribution in [0.15, 0.2) is 29.3 Å². The van der Waals surface area contributed by atoms with Crippen molar-refractivity contribution in [1.82, 2.24) is 24.6 Å². The van der Waals surface area contributed by atoms with Gasteiger partial charge in [-0.1, -0.05) is 0 Å². The second kappa shape index (κ2) is 6.93. The Kier molecular flexibility index (Phi) is 4.95. The van der Waals surface area contributed by atoms with E-state index in [-0.39, 0.29) is 6.10 Å². The van der Waals surface area contributed by atoms with Crippen LogP contribution in [-0.4, -0.2) is 38.0 Å². The largest absolute Gasteiger partial charge is 0.369 e. The maximum atomic E-state index is 5.93. The van der Waals surface area contributed by atoms with Crippen LogP contribution in [-0.2, 0) is 17.8 Å². The summed E-state index contributed by atoms with van der Waals surface area (Å²) < 4.78 is 11.0. The van der Waals surface area contributed by atoms with Crippen molar-refractivity contribution < 1.29 is 4.74 Å². The molecule has 120 valence electrons. The molecule has 1 aliphatic rings. The van der Waals surface area contributed by atoms with E-state index in [1.165, 1.54) is 0 Å².